The summed E-state index contributed by atoms with van der Waals surface area (Å²) in [4.78, 5) is 22.6. The number of nitrogens with one attached hydrogen (secondary N) is 2. The maximum Gasteiger partial charge on any atom is 0.315 e. The summed E-state index contributed by atoms with van der Waals surface area (Å²) >= 11 is 0. The first-order valence-corrected chi connectivity index (χ1v) is 7.86. The van der Waals surface area contributed by atoms with E-state index < -0.39 is 11.5 Å². The Morgan fingerprint density at radius 2 is 1.75 bits per heavy atom. The van der Waals surface area contributed by atoms with Crippen molar-refractivity contribution in [2.45, 2.75) is 76.7 Å². The van der Waals surface area contributed by atoms with Crippen LogP contribution in [-0.4, -0.2) is 29.2 Å². The van der Waals surface area contributed by atoms with Crippen LogP contribution in [0.2, 0.25) is 0 Å². The lowest BCUT2D eigenvalue weighted by atomic mass is 9.74. The maximum absolute atomic E-state index is 11.8. The Kier molecular flexibility index (Phi) is 7.41. The summed E-state index contributed by atoms with van der Waals surface area (Å²) in [7, 11) is 0. The highest BCUT2D eigenvalue weighted by atomic mass is 16.4. The Balaban J connectivity index is 2.09. The number of unbranched alkanes of at least 4 members (excludes halogenated alkanes) is 5. The minimum atomic E-state index is -0.846. The van der Waals surface area contributed by atoms with Gasteiger partial charge in [-0.15, -0.1) is 0 Å². The minimum Gasteiger partial charge on any atom is -0.481 e. The van der Waals surface area contributed by atoms with Gasteiger partial charge in [-0.3, -0.25) is 4.79 Å². The molecule has 116 valence electrons. The van der Waals surface area contributed by atoms with E-state index in [1.54, 1.807) is 0 Å². The molecule has 0 aromatic heterocycles. The Morgan fingerprint density at radius 3 is 2.30 bits per heavy atom. The fourth-order valence-electron chi connectivity index (χ4n) is 2.63. The van der Waals surface area contributed by atoms with Crippen LogP contribution in [0.15, 0.2) is 0 Å². The normalized spacial score (nSPS) is 16.2. The first kappa shape index (κ1) is 16.8. The molecule has 0 saturated heterocycles. The average molecular weight is 284 g/mol. The molecule has 2 amide bonds. The van der Waals surface area contributed by atoms with Crippen molar-refractivity contribution in [3.63, 3.8) is 0 Å². The van der Waals surface area contributed by atoms with Gasteiger partial charge in [-0.05, 0) is 25.7 Å². The number of urea groups is 1. The van der Waals surface area contributed by atoms with Crippen LogP contribution >= 0.6 is 0 Å². The molecule has 0 radical (unpaired) electrons. The van der Waals surface area contributed by atoms with Gasteiger partial charge in [0.25, 0.3) is 0 Å². The fourth-order valence-corrected chi connectivity index (χ4v) is 2.63. The van der Waals surface area contributed by atoms with Gasteiger partial charge >= 0.3 is 12.0 Å². The van der Waals surface area contributed by atoms with Crippen LogP contribution in [0, 0.1) is 0 Å². The fraction of sp³-hybridized carbons (Fsp3) is 0.867. The van der Waals surface area contributed by atoms with Crippen LogP contribution in [-0.2, 0) is 4.79 Å². The molecule has 5 heteroatoms. The number of hydrogen-bond acceptors (Lipinski definition) is 2. The number of carboxylic acid groups (broad SMARTS) is 1. The first-order valence-electron chi connectivity index (χ1n) is 7.86. The molecule has 0 atom stereocenters. The molecule has 20 heavy (non-hydrogen) atoms. The van der Waals surface area contributed by atoms with Gasteiger partial charge in [0.2, 0.25) is 0 Å². The maximum atomic E-state index is 11.8. The van der Waals surface area contributed by atoms with E-state index in [1.165, 1.54) is 25.7 Å². The minimum absolute atomic E-state index is 0.0252. The highest BCUT2D eigenvalue weighted by Gasteiger charge is 2.40. The van der Waals surface area contributed by atoms with Gasteiger partial charge in [0, 0.05) is 6.54 Å². The topological polar surface area (TPSA) is 78.4 Å². The molecule has 3 N–H and O–H groups in total. The molecular formula is C15H28N2O3. The summed E-state index contributed by atoms with van der Waals surface area (Å²) in [6, 6.07) is -0.223. The number of carbonyl (C=O) groups is 2. The number of amides is 2. The first-order chi connectivity index (χ1) is 9.58. The summed E-state index contributed by atoms with van der Waals surface area (Å²) in [6.45, 7) is 2.86. The lowest BCUT2D eigenvalue weighted by Gasteiger charge is -2.41. The van der Waals surface area contributed by atoms with Crippen LogP contribution in [0.25, 0.3) is 0 Å². The van der Waals surface area contributed by atoms with Crippen molar-refractivity contribution in [2.24, 2.45) is 0 Å². The van der Waals surface area contributed by atoms with Gasteiger partial charge in [-0.1, -0.05) is 39.0 Å². The highest BCUT2D eigenvalue weighted by Crippen LogP contribution is 2.34. The molecule has 0 aromatic carbocycles. The van der Waals surface area contributed by atoms with Gasteiger partial charge < -0.3 is 15.7 Å². The standard InChI is InChI=1S/C15H28N2O3/c1-2-3-4-5-6-7-11-16-14(20)17-15(9-8-10-15)12-13(18)19/h2-12H2,1H3,(H,18,19)(H2,16,17,20). The largest absolute Gasteiger partial charge is 0.481 e. The predicted octanol–water partition coefficient (Wildman–Crippen LogP) is 3.04. The molecule has 1 aliphatic carbocycles. The molecule has 1 saturated carbocycles. The van der Waals surface area contributed by atoms with Crippen molar-refractivity contribution < 1.29 is 14.7 Å². The molecule has 1 aliphatic rings. The van der Waals surface area contributed by atoms with Crippen molar-refractivity contribution in [1.29, 1.82) is 0 Å². The molecule has 1 rings (SSSR count). The third kappa shape index (κ3) is 6.26. The molecule has 0 heterocycles. The Hall–Kier alpha value is -1.26. The zero-order chi connectivity index (χ0) is 14.8. The van der Waals surface area contributed by atoms with Gasteiger partial charge in [0.15, 0.2) is 0 Å². The van der Waals surface area contributed by atoms with E-state index in [0.29, 0.717) is 6.54 Å². The van der Waals surface area contributed by atoms with Gasteiger partial charge in [-0.25, -0.2) is 4.79 Å². The summed E-state index contributed by atoms with van der Waals surface area (Å²) in [5.41, 5.74) is -0.503. The number of carboxylic acids is 1. The highest BCUT2D eigenvalue weighted by molar-refractivity contribution is 5.77. The molecule has 0 aromatic rings. The van der Waals surface area contributed by atoms with E-state index >= 15 is 0 Å². The van der Waals surface area contributed by atoms with E-state index in [0.717, 1.165) is 32.1 Å². The van der Waals surface area contributed by atoms with Gasteiger partial charge in [0.05, 0.1) is 12.0 Å². The van der Waals surface area contributed by atoms with Gasteiger partial charge in [0.1, 0.15) is 0 Å². The predicted molar refractivity (Wildman–Crippen MR) is 78.7 cm³/mol. The van der Waals surface area contributed by atoms with E-state index in [2.05, 4.69) is 17.6 Å². The Bertz CT molecular complexity index is 314. The van der Waals surface area contributed by atoms with E-state index in [4.69, 9.17) is 5.11 Å². The number of rotatable bonds is 10. The van der Waals surface area contributed by atoms with Crippen molar-refractivity contribution in [3.05, 3.63) is 0 Å². The van der Waals surface area contributed by atoms with Crippen molar-refractivity contribution in [2.75, 3.05) is 6.54 Å². The van der Waals surface area contributed by atoms with Crippen molar-refractivity contribution >= 4 is 12.0 Å². The third-order valence-corrected chi connectivity index (χ3v) is 3.99. The Morgan fingerprint density at radius 1 is 1.10 bits per heavy atom. The summed E-state index contributed by atoms with van der Waals surface area (Å²) < 4.78 is 0. The zero-order valence-electron chi connectivity index (χ0n) is 12.5. The number of carbonyl (C=O) groups excluding carboxylic acids is 1. The van der Waals surface area contributed by atoms with E-state index in [9.17, 15) is 9.59 Å². The van der Waals surface area contributed by atoms with Crippen LogP contribution in [0.4, 0.5) is 4.79 Å². The second-order valence-corrected chi connectivity index (χ2v) is 5.85. The van der Waals surface area contributed by atoms with Crippen LogP contribution in [0.1, 0.15) is 71.1 Å². The molecule has 1 fully saturated rings. The van der Waals surface area contributed by atoms with Crippen LogP contribution in [0.3, 0.4) is 0 Å². The number of aliphatic carboxylic acids is 1. The second kappa shape index (κ2) is 8.82. The van der Waals surface area contributed by atoms with Crippen molar-refractivity contribution in [1.82, 2.24) is 10.6 Å². The smallest absolute Gasteiger partial charge is 0.315 e. The van der Waals surface area contributed by atoms with E-state index in [-0.39, 0.29) is 12.5 Å². The molecule has 0 bridgehead atoms. The lowest BCUT2D eigenvalue weighted by Crippen LogP contribution is -2.57. The molecule has 0 unspecified atom stereocenters. The second-order valence-electron chi connectivity index (χ2n) is 5.85. The monoisotopic (exact) mass is 284 g/mol. The molecular weight excluding hydrogens is 256 g/mol. The zero-order valence-corrected chi connectivity index (χ0v) is 12.5. The SMILES string of the molecule is CCCCCCCCNC(=O)NC1(CC(=O)O)CCC1. The van der Waals surface area contributed by atoms with Crippen LogP contribution in [0.5, 0.6) is 0 Å². The lowest BCUT2D eigenvalue weighted by molar-refractivity contribution is -0.139. The number of hydrogen-bond donors (Lipinski definition) is 3. The third-order valence-electron chi connectivity index (χ3n) is 3.99. The quantitative estimate of drug-likeness (QED) is 0.539. The van der Waals surface area contributed by atoms with Crippen LogP contribution < -0.4 is 10.6 Å². The molecule has 5 nitrogen and oxygen atoms in total. The summed E-state index contributed by atoms with van der Waals surface area (Å²) in [6.07, 6.45) is 9.70. The summed E-state index contributed by atoms with van der Waals surface area (Å²) in [5.74, 6) is -0.846. The average Bonchev–Trinajstić information content (AvgIpc) is 2.34. The molecule has 0 aliphatic heterocycles. The van der Waals surface area contributed by atoms with E-state index in [1.807, 2.05) is 0 Å². The van der Waals surface area contributed by atoms with Crippen molar-refractivity contribution in [3.8, 4) is 0 Å². The summed E-state index contributed by atoms with van der Waals surface area (Å²) in [5, 5.41) is 14.5. The van der Waals surface area contributed by atoms with Gasteiger partial charge in [-0.2, -0.15) is 0 Å². The molecule has 0 spiro atoms. The Labute approximate surface area is 121 Å².